The van der Waals surface area contributed by atoms with Gasteiger partial charge in [0.25, 0.3) is 5.91 Å². The minimum absolute atomic E-state index is 0.0752. The van der Waals surface area contributed by atoms with Crippen molar-refractivity contribution in [1.29, 1.82) is 0 Å². The summed E-state index contributed by atoms with van der Waals surface area (Å²) in [7, 11) is 0. The molecule has 2 N–H and O–H groups in total. The van der Waals surface area contributed by atoms with E-state index in [4.69, 9.17) is 4.74 Å². The Morgan fingerprint density at radius 2 is 2.02 bits per heavy atom. The minimum atomic E-state index is -0.637. The van der Waals surface area contributed by atoms with Crippen LogP contribution in [0.1, 0.15) is 21.7 Å². The predicted octanol–water partition coefficient (Wildman–Crippen LogP) is 5.74. The summed E-state index contributed by atoms with van der Waals surface area (Å²) in [6.07, 6.45) is 3.39. The van der Waals surface area contributed by atoms with Crippen molar-refractivity contribution >= 4 is 56.5 Å². The molecule has 0 radical (unpaired) electrons. The van der Waals surface area contributed by atoms with Gasteiger partial charge in [0.2, 0.25) is 5.91 Å². The normalized spacial score (nSPS) is 16.1. The van der Waals surface area contributed by atoms with Gasteiger partial charge in [0.15, 0.2) is 5.82 Å². The van der Waals surface area contributed by atoms with Crippen molar-refractivity contribution in [3.8, 4) is 11.5 Å². The van der Waals surface area contributed by atoms with Gasteiger partial charge in [0, 0.05) is 31.4 Å². The summed E-state index contributed by atoms with van der Waals surface area (Å²) < 4.78 is 21.4. The first-order valence-corrected chi connectivity index (χ1v) is 13.4. The third kappa shape index (κ3) is 4.43. The molecule has 0 aliphatic carbocycles. The number of hydrogen-bond acceptors (Lipinski definition) is 6. The number of para-hydroxylation sites is 1. The van der Waals surface area contributed by atoms with E-state index in [0.29, 0.717) is 63.0 Å². The Labute approximate surface area is 232 Å². The fraction of sp³-hybridized carbons (Fsp3) is 0.172. The van der Waals surface area contributed by atoms with Crippen LogP contribution >= 0.6 is 11.3 Å². The van der Waals surface area contributed by atoms with E-state index in [-0.39, 0.29) is 23.5 Å². The van der Waals surface area contributed by atoms with E-state index in [2.05, 4.69) is 22.2 Å². The average molecular weight is 558 g/mol. The van der Waals surface area contributed by atoms with Gasteiger partial charge < -0.3 is 20.3 Å². The Bertz CT molecular complexity index is 1670. The molecule has 6 rings (SSSR count). The Morgan fingerprint density at radius 1 is 1.23 bits per heavy atom. The van der Waals surface area contributed by atoms with Crippen LogP contribution in [0.2, 0.25) is 0 Å². The number of benzene rings is 2. The van der Waals surface area contributed by atoms with Crippen LogP contribution < -0.4 is 20.3 Å². The molecule has 2 aromatic carbocycles. The number of carbonyl (C=O) groups is 3. The van der Waals surface area contributed by atoms with Gasteiger partial charge in [-0.1, -0.05) is 24.8 Å². The molecule has 1 atom stereocenters. The second-order valence-electron chi connectivity index (χ2n) is 9.52. The van der Waals surface area contributed by atoms with Crippen molar-refractivity contribution < 1.29 is 23.5 Å². The predicted molar refractivity (Wildman–Crippen MR) is 151 cm³/mol. The van der Waals surface area contributed by atoms with E-state index in [9.17, 15) is 14.4 Å². The molecule has 2 aliphatic rings. The van der Waals surface area contributed by atoms with Crippen LogP contribution in [-0.4, -0.2) is 46.9 Å². The number of rotatable bonds is 6. The van der Waals surface area contributed by atoms with Crippen molar-refractivity contribution in [2.45, 2.75) is 19.4 Å². The molecule has 0 saturated carbocycles. The number of aromatic nitrogens is 1. The molecule has 2 aromatic heterocycles. The van der Waals surface area contributed by atoms with E-state index in [1.807, 2.05) is 18.2 Å². The second kappa shape index (κ2) is 10.1. The second-order valence-corrected chi connectivity index (χ2v) is 10.5. The van der Waals surface area contributed by atoms with Gasteiger partial charge in [-0.3, -0.25) is 14.5 Å². The number of aryl methyl sites for hydroxylation is 1. The zero-order chi connectivity index (χ0) is 28.0. The quantitative estimate of drug-likeness (QED) is 0.295. The Kier molecular flexibility index (Phi) is 6.43. The Balaban J connectivity index is 1.32. The van der Waals surface area contributed by atoms with Crippen LogP contribution in [-0.2, 0) is 4.79 Å². The molecule has 2 aliphatic heterocycles. The van der Waals surface area contributed by atoms with Crippen LogP contribution in [0, 0.1) is 12.7 Å². The largest absolute Gasteiger partial charge is 0.457 e. The number of halogens is 1. The average Bonchev–Trinajstić information content (AvgIpc) is 3.55. The first-order chi connectivity index (χ1) is 19.3. The van der Waals surface area contributed by atoms with Crippen LogP contribution in [0.5, 0.6) is 11.5 Å². The molecule has 202 valence electrons. The highest BCUT2D eigenvalue weighted by Crippen LogP contribution is 2.47. The molecule has 1 unspecified atom stereocenters. The van der Waals surface area contributed by atoms with Gasteiger partial charge in [0.1, 0.15) is 21.2 Å². The zero-order valence-corrected chi connectivity index (χ0v) is 22.3. The maximum absolute atomic E-state index is 15.6. The molecular formula is C29H24FN5O4S. The third-order valence-corrected chi connectivity index (χ3v) is 7.99. The van der Waals surface area contributed by atoms with E-state index in [1.165, 1.54) is 23.2 Å². The highest BCUT2D eigenvalue weighted by Gasteiger charge is 2.35. The number of urea groups is 1. The lowest BCUT2D eigenvalue weighted by Gasteiger charge is -2.30. The van der Waals surface area contributed by atoms with E-state index in [0.717, 1.165) is 11.3 Å². The number of likely N-dealkylation sites (tertiary alicyclic amines) is 1. The monoisotopic (exact) mass is 557 g/mol. The molecule has 4 heterocycles. The van der Waals surface area contributed by atoms with E-state index >= 15 is 4.39 Å². The van der Waals surface area contributed by atoms with Crippen LogP contribution in [0.25, 0.3) is 10.2 Å². The van der Waals surface area contributed by atoms with Gasteiger partial charge >= 0.3 is 6.03 Å². The number of pyridine rings is 1. The topological polar surface area (TPSA) is 104 Å². The lowest BCUT2D eigenvalue weighted by Crippen LogP contribution is -2.39. The molecule has 9 nitrogen and oxygen atoms in total. The summed E-state index contributed by atoms with van der Waals surface area (Å²) >= 11 is 1.14. The molecule has 1 fully saturated rings. The molecule has 11 heteroatoms. The molecule has 0 spiro atoms. The zero-order valence-electron chi connectivity index (χ0n) is 21.4. The SMILES string of the molecule is C=CC(=O)N1CCC(NC(=O)c2sc3nccc4c3c2NC(=O)N4c2c(C)cc(Oc3ccccc3)cc2F)C1. The summed E-state index contributed by atoms with van der Waals surface area (Å²) in [6.45, 7) is 6.11. The van der Waals surface area contributed by atoms with Crippen molar-refractivity contribution in [2.75, 3.05) is 23.3 Å². The molecule has 40 heavy (non-hydrogen) atoms. The summed E-state index contributed by atoms with van der Waals surface area (Å²) in [6, 6.07) is 12.7. The molecular weight excluding hydrogens is 533 g/mol. The van der Waals surface area contributed by atoms with Crippen molar-refractivity contribution in [2.24, 2.45) is 0 Å². The number of thiophene rings is 1. The number of hydrogen-bond donors (Lipinski definition) is 2. The van der Waals surface area contributed by atoms with Gasteiger partial charge in [-0.15, -0.1) is 11.3 Å². The van der Waals surface area contributed by atoms with Crippen LogP contribution in [0.15, 0.2) is 67.4 Å². The number of carbonyl (C=O) groups excluding carboxylic acids is 3. The maximum atomic E-state index is 15.6. The van der Waals surface area contributed by atoms with Crippen molar-refractivity contribution in [3.05, 3.63) is 83.6 Å². The van der Waals surface area contributed by atoms with Crippen molar-refractivity contribution in [1.82, 2.24) is 15.2 Å². The lowest BCUT2D eigenvalue weighted by molar-refractivity contribution is -0.125. The van der Waals surface area contributed by atoms with Crippen molar-refractivity contribution in [3.63, 3.8) is 0 Å². The lowest BCUT2D eigenvalue weighted by atomic mass is 10.1. The number of ether oxygens (including phenoxy) is 1. The molecule has 4 amide bonds. The Hall–Kier alpha value is -4.77. The minimum Gasteiger partial charge on any atom is -0.457 e. The summed E-state index contributed by atoms with van der Waals surface area (Å²) in [5.74, 6) is -0.329. The van der Waals surface area contributed by atoms with E-state index < -0.39 is 11.8 Å². The fourth-order valence-electron chi connectivity index (χ4n) is 5.10. The molecule has 4 aromatic rings. The summed E-state index contributed by atoms with van der Waals surface area (Å²) in [4.78, 5) is 46.8. The van der Waals surface area contributed by atoms with Gasteiger partial charge in [-0.05, 0) is 49.2 Å². The highest BCUT2D eigenvalue weighted by molar-refractivity contribution is 7.21. The number of nitrogens with one attached hydrogen (secondary N) is 2. The fourth-order valence-corrected chi connectivity index (χ4v) is 6.12. The molecule has 0 bridgehead atoms. The van der Waals surface area contributed by atoms with Gasteiger partial charge in [-0.2, -0.15) is 0 Å². The first kappa shape index (κ1) is 25.5. The standard InChI is InChI=1S/C29H24FN5O4S/c1-3-22(36)34-12-10-17(15-34)32-27(37)26-24-23-21(9-11-31-28(23)40-26)35(29(38)33-24)25-16(2)13-19(14-20(25)30)39-18-7-5-4-6-8-18/h3-9,11,13-14,17H,1,10,12,15H2,2H3,(H,32,37)(H,33,38). The summed E-state index contributed by atoms with van der Waals surface area (Å²) in [5, 5.41) is 6.31. The summed E-state index contributed by atoms with van der Waals surface area (Å²) in [5.41, 5.74) is 1.32. The highest BCUT2D eigenvalue weighted by atomic mass is 32.1. The number of amides is 4. The Morgan fingerprint density at radius 3 is 2.77 bits per heavy atom. The van der Waals surface area contributed by atoms with Gasteiger partial charge in [-0.25, -0.2) is 14.2 Å². The van der Waals surface area contributed by atoms with Gasteiger partial charge in [0.05, 0.1) is 22.4 Å². The smallest absolute Gasteiger partial charge is 0.331 e. The van der Waals surface area contributed by atoms with Crippen LogP contribution in [0.4, 0.5) is 26.2 Å². The number of nitrogens with zero attached hydrogens (tertiary/aromatic N) is 3. The van der Waals surface area contributed by atoms with Crippen LogP contribution in [0.3, 0.4) is 0 Å². The molecule has 1 saturated heterocycles. The maximum Gasteiger partial charge on any atom is 0.331 e. The number of anilines is 3. The van der Waals surface area contributed by atoms with E-state index in [1.54, 1.807) is 36.1 Å². The first-order valence-electron chi connectivity index (χ1n) is 12.6. The third-order valence-electron chi connectivity index (χ3n) is 6.89.